The molecular weight excluding hydrogens is 238 g/mol. The number of amides is 1. The molecule has 0 aromatic carbocycles. The fourth-order valence-electron chi connectivity index (χ4n) is 1.48. The van der Waals surface area contributed by atoms with Gasteiger partial charge in [-0.3, -0.25) is 4.79 Å². The smallest absolute Gasteiger partial charge is 0.262 e. The number of hydrogen-bond acceptors (Lipinski definition) is 4. The van der Waals surface area contributed by atoms with Gasteiger partial charge in [0.15, 0.2) is 5.84 Å². The number of nitrogens with zero attached hydrogens (tertiary/aromatic N) is 1. The van der Waals surface area contributed by atoms with Crippen LogP contribution in [0.15, 0.2) is 16.6 Å². The molecule has 0 aliphatic carbocycles. The van der Waals surface area contributed by atoms with E-state index in [1.54, 1.807) is 0 Å². The largest absolute Gasteiger partial charge is 0.409 e. The second kappa shape index (κ2) is 6.24. The minimum absolute atomic E-state index is 0.0365. The number of hydrogen-bond donors (Lipinski definition) is 3. The molecule has 94 valence electrons. The highest BCUT2D eigenvalue weighted by atomic mass is 32.1. The molecule has 5 nitrogen and oxygen atoms in total. The maximum atomic E-state index is 11.9. The van der Waals surface area contributed by atoms with Crippen molar-refractivity contribution in [3.8, 4) is 0 Å². The maximum Gasteiger partial charge on any atom is 0.262 e. The standard InChI is InChI=1S/C11H17N3O2S/c1-3-4-8(10(12)14-16)13-11(15)9-7(2)5-6-17-9/h5-6,8,16H,3-4H2,1-2H3,(H2,12,14)(H,13,15). The number of nitrogens with one attached hydrogen (secondary N) is 1. The van der Waals surface area contributed by atoms with E-state index in [0.717, 1.165) is 12.0 Å². The van der Waals surface area contributed by atoms with E-state index in [1.165, 1.54) is 11.3 Å². The van der Waals surface area contributed by atoms with Crippen LogP contribution in [0.3, 0.4) is 0 Å². The number of oxime groups is 1. The second-order valence-corrected chi connectivity index (χ2v) is 4.69. The topological polar surface area (TPSA) is 87.7 Å². The predicted molar refractivity (Wildman–Crippen MR) is 68.6 cm³/mol. The minimum atomic E-state index is -0.418. The number of rotatable bonds is 5. The van der Waals surface area contributed by atoms with Crippen LogP contribution in [-0.4, -0.2) is 23.0 Å². The first-order valence-corrected chi connectivity index (χ1v) is 6.30. The lowest BCUT2D eigenvalue weighted by Crippen LogP contribution is -2.44. The molecule has 1 aromatic rings. The van der Waals surface area contributed by atoms with Crippen LogP contribution in [0.4, 0.5) is 0 Å². The average Bonchev–Trinajstić information content (AvgIpc) is 2.73. The van der Waals surface area contributed by atoms with Gasteiger partial charge in [0, 0.05) is 0 Å². The Kier molecular flexibility index (Phi) is 4.96. The molecule has 1 amide bonds. The number of amidine groups is 1. The van der Waals surface area contributed by atoms with Gasteiger partial charge in [0.1, 0.15) is 0 Å². The van der Waals surface area contributed by atoms with E-state index < -0.39 is 6.04 Å². The molecule has 0 saturated heterocycles. The van der Waals surface area contributed by atoms with E-state index in [-0.39, 0.29) is 11.7 Å². The van der Waals surface area contributed by atoms with Crippen molar-refractivity contribution in [1.82, 2.24) is 5.32 Å². The summed E-state index contributed by atoms with van der Waals surface area (Å²) in [6.07, 6.45) is 1.48. The van der Waals surface area contributed by atoms with Gasteiger partial charge in [-0.2, -0.15) is 0 Å². The van der Waals surface area contributed by atoms with Gasteiger partial charge in [0.2, 0.25) is 0 Å². The summed E-state index contributed by atoms with van der Waals surface area (Å²) < 4.78 is 0. The van der Waals surface area contributed by atoms with Crippen LogP contribution in [0, 0.1) is 6.92 Å². The van der Waals surface area contributed by atoms with E-state index in [9.17, 15) is 4.79 Å². The van der Waals surface area contributed by atoms with E-state index in [1.807, 2.05) is 25.3 Å². The monoisotopic (exact) mass is 255 g/mol. The van der Waals surface area contributed by atoms with Crippen molar-refractivity contribution >= 4 is 23.1 Å². The highest BCUT2D eigenvalue weighted by Gasteiger charge is 2.18. The summed E-state index contributed by atoms with van der Waals surface area (Å²) in [5.41, 5.74) is 6.46. The molecule has 4 N–H and O–H groups in total. The zero-order valence-electron chi connectivity index (χ0n) is 9.93. The molecule has 0 aliphatic heterocycles. The van der Waals surface area contributed by atoms with Crippen molar-refractivity contribution in [3.63, 3.8) is 0 Å². The molecule has 0 spiro atoms. The van der Waals surface area contributed by atoms with Crippen molar-refractivity contribution in [2.75, 3.05) is 0 Å². The molecule has 1 heterocycles. The summed E-state index contributed by atoms with van der Waals surface area (Å²) >= 11 is 1.38. The third-order valence-corrected chi connectivity index (χ3v) is 3.44. The molecule has 1 rings (SSSR count). The molecule has 1 aromatic heterocycles. The summed E-state index contributed by atoms with van der Waals surface area (Å²) in [5.74, 6) is -0.142. The molecule has 0 aliphatic rings. The number of carbonyl (C=O) groups excluding carboxylic acids is 1. The molecule has 0 radical (unpaired) electrons. The SMILES string of the molecule is CCCC(NC(=O)c1sccc1C)/C(N)=N/O. The predicted octanol–water partition coefficient (Wildman–Crippen LogP) is 1.70. The van der Waals surface area contributed by atoms with Crippen LogP contribution >= 0.6 is 11.3 Å². The molecule has 1 atom stereocenters. The molecule has 1 unspecified atom stereocenters. The van der Waals surface area contributed by atoms with Gasteiger partial charge in [0.25, 0.3) is 5.91 Å². The first-order chi connectivity index (χ1) is 8.10. The van der Waals surface area contributed by atoms with Gasteiger partial charge in [-0.05, 0) is 30.4 Å². The maximum absolute atomic E-state index is 11.9. The first-order valence-electron chi connectivity index (χ1n) is 5.42. The Morgan fingerprint density at radius 2 is 2.41 bits per heavy atom. The van der Waals surface area contributed by atoms with Gasteiger partial charge >= 0.3 is 0 Å². The highest BCUT2D eigenvalue weighted by molar-refractivity contribution is 7.12. The number of nitrogens with two attached hydrogens (primary N) is 1. The third-order valence-electron chi connectivity index (χ3n) is 2.42. The molecule has 17 heavy (non-hydrogen) atoms. The van der Waals surface area contributed by atoms with Crippen LogP contribution in [0.5, 0.6) is 0 Å². The average molecular weight is 255 g/mol. The lowest BCUT2D eigenvalue weighted by atomic mass is 10.1. The Labute approximate surface area is 104 Å². The van der Waals surface area contributed by atoms with Crippen molar-refractivity contribution in [3.05, 3.63) is 21.9 Å². The lowest BCUT2D eigenvalue weighted by Gasteiger charge is -2.16. The van der Waals surface area contributed by atoms with E-state index >= 15 is 0 Å². The van der Waals surface area contributed by atoms with E-state index in [4.69, 9.17) is 10.9 Å². The molecule has 0 fully saturated rings. The Hall–Kier alpha value is -1.56. The van der Waals surface area contributed by atoms with Crippen LogP contribution in [0.2, 0.25) is 0 Å². The summed E-state index contributed by atoms with van der Waals surface area (Å²) in [6, 6.07) is 1.47. The first kappa shape index (κ1) is 13.5. The van der Waals surface area contributed by atoms with Crippen molar-refractivity contribution in [2.45, 2.75) is 32.7 Å². The Balaban J connectivity index is 2.74. The van der Waals surface area contributed by atoms with E-state index in [0.29, 0.717) is 11.3 Å². The third kappa shape index (κ3) is 3.45. The van der Waals surface area contributed by atoms with Crippen LogP contribution in [0.1, 0.15) is 35.0 Å². The van der Waals surface area contributed by atoms with Crippen molar-refractivity contribution < 1.29 is 10.0 Å². The normalized spacial score (nSPS) is 13.4. The number of carbonyl (C=O) groups is 1. The summed E-state index contributed by atoms with van der Waals surface area (Å²) in [6.45, 7) is 3.85. The zero-order chi connectivity index (χ0) is 12.8. The molecule has 6 heteroatoms. The van der Waals surface area contributed by atoms with Crippen LogP contribution < -0.4 is 11.1 Å². The molecular formula is C11H17N3O2S. The van der Waals surface area contributed by atoms with Crippen molar-refractivity contribution in [2.24, 2.45) is 10.9 Å². The zero-order valence-corrected chi connectivity index (χ0v) is 10.8. The van der Waals surface area contributed by atoms with Crippen LogP contribution in [0.25, 0.3) is 0 Å². The second-order valence-electron chi connectivity index (χ2n) is 3.77. The summed E-state index contributed by atoms with van der Waals surface area (Å²) in [5, 5.41) is 16.2. The van der Waals surface area contributed by atoms with Gasteiger partial charge in [0.05, 0.1) is 10.9 Å². The van der Waals surface area contributed by atoms with Gasteiger partial charge in [-0.25, -0.2) is 0 Å². The fourth-order valence-corrected chi connectivity index (χ4v) is 2.31. The van der Waals surface area contributed by atoms with Crippen LogP contribution in [-0.2, 0) is 0 Å². The van der Waals surface area contributed by atoms with Crippen molar-refractivity contribution in [1.29, 1.82) is 0 Å². The Morgan fingerprint density at radius 3 is 2.88 bits per heavy atom. The summed E-state index contributed by atoms with van der Waals surface area (Å²) in [7, 11) is 0. The van der Waals surface area contributed by atoms with E-state index in [2.05, 4.69) is 10.5 Å². The number of aryl methyl sites for hydroxylation is 1. The highest BCUT2D eigenvalue weighted by Crippen LogP contribution is 2.15. The lowest BCUT2D eigenvalue weighted by molar-refractivity contribution is 0.0948. The Bertz CT molecular complexity index is 415. The summed E-state index contributed by atoms with van der Waals surface area (Å²) in [4.78, 5) is 12.6. The minimum Gasteiger partial charge on any atom is -0.409 e. The quantitative estimate of drug-likeness (QED) is 0.324. The number of thiophene rings is 1. The molecule has 0 saturated carbocycles. The van der Waals surface area contributed by atoms with Gasteiger partial charge in [-0.1, -0.05) is 18.5 Å². The molecule has 0 bridgehead atoms. The fraction of sp³-hybridized carbons (Fsp3) is 0.455. The van der Waals surface area contributed by atoms with Gasteiger partial charge in [-0.15, -0.1) is 11.3 Å². The Morgan fingerprint density at radius 1 is 1.71 bits per heavy atom. The van der Waals surface area contributed by atoms with Gasteiger partial charge < -0.3 is 16.3 Å².